The molecule has 1 N–H and O–H groups in total. The van der Waals surface area contributed by atoms with Crippen molar-refractivity contribution in [2.45, 2.75) is 50.2 Å². The van der Waals surface area contributed by atoms with Gasteiger partial charge in [-0.1, -0.05) is 6.42 Å². The number of aliphatic carboxylic acids is 1. The standard InChI is InChI=1S/C14H25NO2S/c16-14(17)12-4-6-13(7-5-12)18-11-10-15-8-2-1-3-9-15/h12-13H,1-11H2,(H,16,17). The number of nitrogens with zero attached hydrogens (tertiary/aromatic N) is 1. The first kappa shape index (κ1) is 14.2. The molecule has 1 aliphatic carbocycles. The van der Waals surface area contributed by atoms with Gasteiger partial charge < -0.3 is 10.0 Å². The summed E-state index contributed by atoms with van der Waals surface area (Å²) >= 11 is 2.07. The summed E-state index contributed by atoms with van der Waals surface area (Å²) in [6.45, 7) is 3.79. The van der Waals surface area contributed by atoms with Crippen LogP contribution in [0.15, 0.2) is 0 Å². The molecule has 3 nitrogen and oxygen atoms in total. The summed E-state index contributed by atoms with van der Waals surface area (Å²) in [6, 6.07) is 0. The number of piperidine rings is 1. The minimum atomic E-state index is -0.591. The molecule has 2 rings (SSSR count). The Morgan fingerprint density at radius 3 is 2.39 bits per heavy atom. The summed E-state index contributed by atoms with van der Waals surface area (Å²) in [5, 5.41) is 9.67. The fourth-order valence-corrected chi connectivity index (χ4v) is 4.31. The predicted octanol–water partition coefficient (Wildman–Crippen LogP) is 2.85. The van der Waals surface area contributed by atoms with Crippen molar-refractivity contribution in [2.24, 2.45) is 5.92 Å². The summed E-state index contributed by atoms with van der Waals surface area (Å²) in [6.07, 6.45) is 8.11. The normalized spacial score (nSPS) is 30.2. The predicted molar refractivity (Wildman–Crippen MR) is 76.1 cm³/mol. The molecule has 2 fully saturated rings. The molecule has 0 aromatic heterocycles. The Morgan fingerprint density at radius 2 is 1.78 bits per heavy atom. The van der Waals surface area contributed by atoms with Gasteiger partial charge in [-0.25, -0.2) is 0 Å². The van der Waals surface area contributed by atoms with Crippen molar-refractivity contribution in [3.8, 4) is 0 Å². The van der Waals surface area contributed by atoms with E-state index >= 15 is 0 Å². The highest BCUT2D eigenvalue weighted by Crippen LogP contribution is 2.32. The zero-order valence-corrected chi connectivity index (χ0v) is 12.0. The van der Waals surface area contributed by atoms with E-state index in [9.17, 15) is 4.79 Å². The van der Waals surface area contributed by atoms with E-state index in [1.54, 1.807) is 0 Å². The van der Waals surface area contributed by atoms with E-state index in [2.05, 4.69) is 16.7 Å². The van der Waals surface area contributed by atoms with Gasteiger partial charge in [0, 0.05) is 17.5 Å². The zero-order chi connectivity index (χ0) is 12.8. The SMILES string of the molecule is O=C(O)C1CCC(SCCN2CCCCC2)CC1. The van der Waals surface area contributed by atoms with Crippen LogP contribution in [0.1, 0.15) is 44.9 Å². The highest BCUT2D eigenvalue weighted by molar-refractivity contribution is 7.99. The fraction of sp³-hybridized carbons (Fsp3) is 0.929. The monoisotopic (exact) mass is 271 g/mol. The van der Waals surface area contributed by atoms with Crippen LogP contribution in [0.25, 0.3) is 0 Å². The van der Waals surface area contributed by atoms with Crippen molar-refractivity contribution < 1.29 is 9.90 Å². The van der Waals surface area contributed by atoms with Crippen LogP contribution in [-0.4, -0.2) is 46.6 Å². The van der Waals surface area contributed by atoms with Crippen LogP contribution in [0.3, 0.4) is 0 Å². The molecule has 0 aromatic carbocycles. The molecule has 4 heteroatoms. The second-order valence-corrected chi connectivity index (χ2v) is 6.99. The van der Waals surface area contributed by atoms with Crippen molar-refractivity contribution in [2.75, 3.05) is 25.4 Å². The minimum Gasteiger partial charge on any atom is -0.481 e. The molecule has 0 bridgehead atoms. The van der Waals surface area contributed by atoms with Crippen LogP contribution in [0.2, 0.25) is 0 Å². The molecule has 1 saturated carbocycles. The van der Waals surface area contributed by atoms with E-state index in [1.165, 1.54) is 44.6 Å². The number of carbonyl (C=O) groups is 1. The third-order valence-electron chi connectivity index (χ3n) is 4.23. The Morgan fingerprint density at radius 1 is 1.11 bits per heavy atom. The molecule has 0 atom stereocenters. The number of thioether (sulfide) groups is 1. The van der Waals surface area contributed by atoms with Gasteiger partial charge in [0.25, 0.3) is 0 Å². The molecule has 0 amide bonds. The molecule has 18 heavy (non-hydrogen) atoms. The van der Waals surface area contributed by atoms with Crippen LogP contribution < -0.4 is 0 Å². The van der Waals surface area contributed by atoms with Crippen LogP contribution >= 0.6 is 11.8 Å². The molecular weight excluding hydrogens is 246 g/mol. The highest BCUT2D eigenvalue weighted by atomic mass is 32.2. The molecule has 0 aromatic rings. The van der Waals surface area contributed by atoms with E-state index < -0.39 is 5.97 Å². The van der Waals surface area contributed by atoms with E-state index in [1.807, 2.05) is 0 Å². The van der Waals surface area contributed by atoms with Gasteiger partial charge >= 0.3 is 5.97 Å². The van der Waals surface area contributed by atoms with Crippen molar-refractivity contribution in [1.29, 1.82) is 0 Å². The molecule has 0 spiro atoms. The van der Waals surface area contributed by atoms with Gasteiger partial charge in [0.05, 0.1) is 5.92 Å². The maximum atomic E-state index is 10.9. The molecule has 1 saturated heterocycles. The van der Waals surface area contributed by atoms with Crippen LogP contribution in [0, 0.1) is 5.92 Å². The maximum Gasteiger partial charge on any atom is 0.306 e. The molecular formula is C14H25NO2S. The third kappa shape index (κ3) is 4.47. The summed E-state index contributed by atoms with van der Waals surface area (Å²) in [4.78, 5) is 13.5. The van der Waals surface area contributed by atoms with Crippen molar-refractivity contribution in [3.05, 3.63) is 0 Å². The van der Waals surface area contributed by atoms with Gasteiger partial charge in [0.1, 0.15) is 0 Å². The van der Waals surface area contributed by atoms with E-state index in [-0.39, 0.29) is 5.92 Å². The Kier molecular flexibility index (Phi) is 5.83. The number of likely N-dealkylation sites (tertiary alicyclic amines) is 1. The lowest BCUT2D eigenvalue weighted by Gasteiger charge is -2.28. The first-order valence-corrected chi connectivity index (χ1v) is 8.37. The average molecular weight is 271 g/mol. The molecule has 1 heterocycles. The summed E-state index contributed by atoms with van der Waals surface area (Å²) in [7, 11) is 0. The van der Waals surface area contributed by atoms with E-state index in [0.29, 0.717) is 5.25 Å². The lowest BCUT2D eigenvalue weighted by Crippen LogP contribution is -2.32. The van der Waals surface area contributed by atoms with Crippen molar-refractivity contribution in [1.82, 2.24) is 4.90 Å². The lowest BCUT2D eigenvalue weighted by molar-refractivity contribution is -0.142. The molecule has 1 aliphatic heterocycles. The Hall–Kier alpha value is -0.220. The Bertz CT molecular complexity index is 259. The van der Waals surface area contributed by atoms with Crippen molar-refractivity contribution in [3.63, 3.8) is 0 Å². The first-order valence-electron chi connectivity index (χ1n) is 7.32. The number of hydrogen-bond acceptors (Lipinski definition) is 3. The third-order valence-corrected chi connectivity index (χ3v) is 5.59. The molecule has 2 aliphatic rings. The summed E-state index contributed by atoms with van der Waals surface area (Å²) in [5.74, 6) is 0.568. The van der Waals surface area contributed by atoms with E-state index in [0.717, 1.165) is 25.7 Å². The lowest BCUT2D eigenvalue weighted by atomic mass is 9.89. The molecule has 104 valence electrons. The highest BCUT2D eigenvalue weighted by Gasteiger charge is 2.26. The van der Waals surface area contributed by atoms with Gasteiger partial charge in [0.15, 0.2) is 0 Å². The number of hydrogen-bond donors (Lipinski definition) is 1. The average Bonchev–Trinajstić information content (AvgIpc) is 2.40. The largest absolute Gasteiger partial charge is 0.481 e. The number of rotatable bonds is 5. The number of carboxylic acid groups (broad SMARTS) is 1. The second-order valence-electron chi connectivity index (χ2n) is 5.58. The van der Waals surface area contributed by atoms with Gasteiger partial charge in [0.2, 0.25) is 0 Å². The van der Waals surface area contributed by atoms with Gasteiger partial charge in [-0.15, -0.1) is 0 Å². The molecule has 0 radical (unpaired) electrons. The van der Waals surface area contributed by atoms with Crippen LogP contribution in [0.4, 0.5) is 0 Å². The van der Waals surface area contributed by atoms with Gasteiger partial charge in [-0.05, 0) is 51.6 Å². The molecule has 0 unspecified atom stereocenters. The number of carboxylic acids is 1. The topological polar surface area (TPSA) is 40.5 Å². The first-order chi connectivity index (χ1) is 8.75. The quantitative estimate of drug-likeness (QED) is 0.835. The second kappa shape index (κ2) is 7.39. The van der Waals surface area contributed by atoms with Crippen LogP contribution in [0.5, 0.6) is 0 Å². The van der Waals surface area contributed by atoms with Gasteiger partial charge in [-0.2, -0.15) is 11.8 Å². The Labute approximate surface area is 114 Å². The smallest absolute Gasteiger partial charge is 0.306 e. The zero-order valence-electron chi connectivity index (χ0n) is 11.1. The maximum absolute atomic E-state index is 10.9. The summed E-state index contributed by atoms with van der Waals surface area (Å²) < 4.78 is 0. The minimum absolute atomic E-state index is 0.0658. The van der Waals surface area contributed by atoms with E-state index in [4.69, 9.17) is 5.11 Å². The Balaban J connectivity index is 1.56. The van der Waals surface area contributed by atoms with Gasteiger partial charge in [-0.3, -0.25) is 4.79 Å². The van der Waals surface area contributed by atoms with Crippen LogP contribution in [-0.2, 0) is 4.79 Å². The van der Waals surface area contributed by atoms with Crippen molar-refractivity contribution >= 4 is 17.7 Å². The fourth-order valence-electron chi connectivity index (χ4n) is 3.01. The summed E-state index contributed by atoms with van der Waals surface area (Å²) in [5.41, 5.74) is 0.